The van der Waals surface area contributed by atoms with Gasteiger partial charge in [0.1, 0.15) is 10.7 Å². The van der Waals surface area contributed by atoms with Gasteiger partial charge in [0.15, 0.2) is 0 Å². The number of hydrogen-bond donors (Lipinski definition) is 1. The molecule has 0 aliphatic rings. The minimum Gasteiger partial charge on any atom is -0.388 e. The van der Waals surface area contributed by atoms with E-state index >= 15 is 0 Å². The molecule has 0 amide bonds. The molecule has 3 nitrogen and oxygen atoms in total. The van der Waals surface area contributed by atoms with Crippen LogP contribution in [0.15, 0.2) is 0 Å². The molecule has 0 radical (unpaired) electrons. The summed E-state index contributed by atoms with van der Waals surface area (Å²) in [5.74, 6) is 0.863. The third-order valence-corrected chi connectivity index (χ3v) is 2.02. The molecule has 0 bridgehead atoms. The average Bonchev–Trinajstić information content (AvgIpc) is 2.18. The molecule has 0 atom stereocenters. The highest BCUT2D eigenvalue weighted by molar-refractivity contribution is 7.97. The van der Waals surface area contributed by atoms with Crippen LogP contribution in [-0.2, 0) is 5.75 Å². The number of nitrogens with two attached hydrogens (primary N) is 1. The molecule has 0 spiro atoms. The van der Waals surface area contributed by atoms with E-state index in [4.69, 9.17) is 5.73 Å². The molecule has 1 aromatic rings. The van der Waals surface area contributed by atoms with Crippen molar-refractivity contribution in [3.05, 3.63) is 5.69 Å². The van der Waals surface area contributed by atoms with Crippen molar-refractivity contribution in [2.45, 2.75) is 5.75 Å². The Hall–Kier alpha value is -0.290. The van der Waals surface area contributed by atoms with Crippen molar-refractivity contribution in [3.8, 4) is 0 Å². The first-order chi connectivity index (χ1) is 4.34. The second-order valence-corrected chi connectivity index (χ2v) is 3.17. The van der Waals surface area contributed by atoms with E-state index in [2.05, 4.69) is 9.59 Å². The summed E-state index contributed by atoms with van der Waals surface area (Å²) in [7, 11) is 0. The summed E-state index contributed by atoms with van der Waals surface area (Å²) in [6.45, 7) is 0. The molecular formula is C4H7N3S2. The van der Waals surface area contributed by atoms with Crippen LogP contribution >= 0.6 is 23.3 Å². The monoisotopic (exact) mass is 161 g/mol. The third-order valence-electron chi connectivity index (χ3n) is 0.866. The summed E-state index contributed by atoms with van der Waals surface area (Å²) >= 11 is 2.95. The first kappa shape index (κ1) is 6.82. The number of rotatable bonds is 2. The molecule has 50 valence electrons. The summed E-state index contributed by atoms with van der Waals surface area (Å²) in [6, 6.07) is 0. The van der Waals surface area contributed by atoms with E-state index in [9.17, 15) is 0 Å². The molecule has 2 N–H and O–H groups in total. The van der Waals surface area contributed by atoms with E-state index in [0.717, 1.165) is 16.4 Å². The van der Waals surface area contributed by atoms with E-state index in [-0.39, 0.29) is 0 Å². The Kier molecular flexibility index (Phi) is 2.29. The quantitative estimate of drug-likeness (QED) is 0.702. The van der Waals surface area contributed by atoms with Crippen LogP contribution in [0.25, 0.3) is 0 Å². The van der Waals surface area contributed by atoms with Crippen LogP contribution in [0.4, 0.5) is 5.00 Å². The van der Waals surface area contributed by atoms with Crippen LogP contribution in [0.5, 0.6) is 0 Å². The molecule has 9 heavy (non-hydrogen) atoms. The maximum atomic E-state index is 5.51. The molecule has 1 heterocycles. The Morgan fingerprint density at radius 3 is 3.00 bits per heavy atom. The van der Waals surface area contributed by atoms with Gasteiger partial charge in [-0.1, -0.05) is 4.49 Å². The summed E-state index contributed by atoms with van der Waals surface area (Å²) in [5.41, 5.74) is 6.42. The average molecular weight is 161 g/mol. The fraction of sp³-hybridized carbons (Fsp3) is 0.500. The van der Waals surface area contributed by atoms with E-state index in [1.54, 1.807) is 11.8 Å². The topological polar surface area (TPSA) is 51.8 Å². The Labute approximate surface area is 61.8 Å². The Morgan fingerprint density at radius 2 is 2.56 bits per heavy atom. The molecule has 0 aliphatic heterocycles. The highest BCUT2D eigenvalue weighted by atomic mass is 32.2. The zero-order valence-electron chi connectivity index (χ0n) is 5.00. The molecule has 0 saturated heterocycles. The second kappa shape index (κ2) is 3.03. The molecule has 1 aromatic heterocycles. The summed E-state index contributed by atoms with van der Waals surface area (Å²) < 4.78 is 3.69. The molecule has 5 heteroatoms. The van der Waals surface area contributed by atoms with Gasteiger partial charge in [-0.15, -0.1) is 5.10 Å². The standard InChI is InChI=1S/C4H7N3S2/c1-8-2-3-4(5)9-7-6-3/h2,5H2,1H3. The fourth-order valence-electron chi connectivity index (χ4n) is 0.452. The second-order valence-electron chi connectivity index (χ2n) is 1.52. The summed E-state index contributed by atoms with van der Waals surface area (Å²) in [4.78, 5) is 0. The number of aromatic nitrogens is 2. The van der Waals surface area contributed by atoms with Gasteiger partial charge in [0.05, 0.1) is 0 Å². The lowest BCUT2D eigenvalue weighted by Crippen LogP contribution is -1.87. The Morgan fingerprint density at radius 1 is 1.78 bits per heavy atom. The highest BCUT2D eigenvalue weighted by Gasteiger charge is 2.00. The fourth-order valence-corrected chi connectivity index (χ4v) is 1.48. The van der Waals surface area contributed by atoms with Gasteiger partial charge in [-0.05, 0) is 6.26 Å². The highest BCUT2D eigenvalue weighted by Crippen LogP contribution is 2.16. The van der Waals surface area contributed by atoms with Crippen molar-refractivity contribution < 1.29 is 0 Å². The molecular weight excluding hydrogens is 154 g/mol. The zero-order valence-corrected chi connectivity index (χ0v) is 6.63. The van der Waals surface area contributed by atoms with Crippen LogP contribution in [-0.4, -0.2) is 15.8 Å². The van der Waals surface area contributed by atoms with Gasteiger partial charge in [0.2, 0.25) is 0 Å². The van der Waals surface area contributed by atoms with E-state index in [0.29, 0.717) is 0 Å². The minimum atomic E-state index is 0.740. The zero-order chi connectivity index (χ0) is 6.69. The van der Waals surface area contributed by atoms with Crippen molar-refractivity contribution in [2.75, 3.05) is 12.0 Å². The summed E-state index contributed by atoms with van der Waals surface area (Å²) in [6.07, 6.45) is 2.01. The summed E-state index contributed by atoms with van der Waals surface area (Å²) in [5, 5.41) is 4.57. The number of hydrogen-bond acceptors (Lipinski definition) is 5. The number of nitrogens with zero attached hydrogens (tertiary/aromatic N) is 2. The number of thioether (sulfide) groups is 1. The predicted molar refractivity (Wildman–Crippen MR) is 41.5 cm³/mol. The van der Waals surface area contributed by atoms with Gasteiger partial charge < -0.3 is 5.73 Å². The van der Waals surface area contributed by atoms with Gasteiger partial charge in [0.25, 0.3) is 0 Å². The lowest BCUT2D eigenvalue weighted by molar-refractivity contribution is 1.08. The van der Waals surface area contributed by atoms with Crippen molar-refractivity contribution in [1.29, 1.82) is 0 Å². The van der Waals surface area contributed by atoms with Crippen LogP contribution < -0.4 is 5.73 Å². The van der Waals surface area contributed by atoms with Crippen LogP contribution in [0, 0.1) is 0 Å². The molecule has 1 rings (SSSR count). The molecule has 0 fully saturated rings. The maximum absolute atomic E-state index is 5.51. The van der Waals surface area contributed by atoms with Gasteiger partial charge in [-0.2, -0.15) is 11.8 Å². The van der Waals surface area contributed by atoms with Crippen LogP contribution in [0.1, 0.15) is 5.69 Å². The Bertz CT molecular complexity index is 186. The van der Waals surface area contributed by atoms with Crippen molar-refractivity contribution >= 4 is 28.3 Å². The molecule has 0 aromatic carbocycles. The first-order valence-corrected chi connectivity index (χ1v) is 4.57. The smallest absolute Gasteiger partial charge is 0.131 e. The molecule has 0 saturated carbocycles. The number of nitrogen functional groups attached to an aromatic ring is 1. The van der Waals surface area contributed by atoms with E-state index < -0.39 is 0 Å². The maximum Gasteiger partial charge on any atom is 0.131 e. The van der Waals surface area contributed by atoms with Crippen LogP contribution in [0.2, 0.25) is 0 Å². The van der Waals surface area contributed by atoms with E-state index in [1.165, 1.54) is 11.5 Å². The van der Waals surface area contributed by atoms with Crippen molar-refractivity contribution in [2.24, 2.45) is 0 Å². The van der Waals surface area contributed by atoms with Crippen molar-refractivity contribution in [1.82, 2.24) is 9.59 Å². The SMILES string of the molecule is CSCc1nnsc1N. The minimum absolute atomic E-state index is 0.740. The van der Waals surface area contributed by atoms with Gasteiger partial charge in [-0.25, -0.2) is 0 Å². The van der Waals surface area contributed by atoms with Gasteiger partial charge in [-0.3, -0.25) is 0 Å². The largest absolute Gasteiger partial charge is 0.388 e. The lowest BCUT2D eigenvalue weighted by Gasteiger charge is -1.88. The molecule has 0 unspecified atom stereocenters. The first-order valence-electron chi connectivity index (χ1n) is 2.40. The van der Waals surface area contributed by atoms with Gasteiger partial charge in [0, 0.05) is 17.3 Å². The third kappa shape index (κ3) is 1.56. The Balaban J connectivity index is 2.69. The normalized spacial score (nSPS) is 9.89. The van der Waals surface area contributed by atoms with Gasteiger partial charge >= 0.3 is 0 Å². The molecule has 0 aliphatic carbocycles. The predicted octanol–water partition coefficient (Wildman–Crippen LogP) is 0.983. The van der Waals surface area contributed by atoms with E-state index in [1.807, 2.05) is 6.26 Å². The lowest BCUT2D eigenvalue weighted by atomic mass is 10.5. The van der Waals surface area contributed by atoms with Crippen LogP contribution in [0.3, 0.4) is 0 Å². The van der Waals surface area contributed by atoms with Crippen molar-refractivity contribution in [3.63, 3.8) is 0 Å². The number of anilines is 1.